The van der Waals surface area contributed by atoms with Gasteiger partial charge in [0, 0.05) is 11.6 Å². The van der Waals surface area contributed by atoms with Crippen molar-refractivity contribution in [3.05, 3.63) is 41.8 Å². The molecule has 0 N–H and O–H groups in total. The van der Waals surface area contributed by atoms with Gasteiger partial charge in [0.25, 0.3) is 0 Å². The summed E-state index contributed by atoms with van der Waals surface area (Å²) in [6.07, 6.45) is 1.54. The van der Waals surface area contributed by atoms with E-state index in [0.29, 0.717) is 5.52 Å². The summed E-state index contributed by atoms with van der Waals surface area (Å²) in [5.41, 5.74) is 0.433. The SMILES string of the molecule is N#Cc1c(F)ccc2cccnc12. The maximum Gasteiger partial charge on any atom is 0.143 e. The van der Waals surface area contributed by atoms with Gasteiger partial charge in [-0.05, 0) is 18.2 Å². The molecule has 1 heterocycles. The van der Waals surface area contributed by atoms with Crippen molar-refractivity contribution in [3.8, 4) is 6.07 Å². The number of hydrogen-bond donors (Lipinski definition) is 0. The highest BCUT2D eigenvalue weighted by molar-refractivity contribution is 5.83. The lowest BCUT2D eigenvalue weighted by Gasteiger charge is -1.98. The van der Waals surface area contributed by atoms with Crippen molar-refractivity contribution in [2.45, 2.75) is 0 Å². The molecule has 0 spiro atoms. The van der Waals surface area contributed by atoms with Crippen LogP contribution in [0.5, 0.6) is 0 Å². The Hall–Kier alpha value is -1.95. The molecule has 0 saturated carbocycles. The third-order valence-electron chi connectivity index (χ3n) is 1.84. The van der Waals surface area contributed by atoms with Gasteiger partial charge in [-0.3, -0.25) is 4.98 Å². The Labute approximate surface area is 74.3 Å². The lowest BCUT2D eigenvalue weighted by molar-refractivity contribution is 0.625. The van der Waals surface area contributed by atoms with Gasteiger partial charge in [-0.15, -0.1) is 0 Å². The van der Waals surface area contributed by atoms with Crippen LogP contribution in [-0.4, -0.2) is 4.98 Å². The summed E-state index contributed by atoms with van der Waals surface area (Å²) < 4.78 is 13.1. The minimum Gasteiger partial charge on any atom is -0.255 e. The maximum absolute atomic E-state index is 13.1. The molecule has 0 aliphatic carbocycles. The third-order valence-corrected chi connectivity index (χ3v) is 1.84. The molecule has 3 heteroatoms. The van der Waals surface area contributed by atoms with Crippen LogP contribution < -0.4 is 0 Å². The maximum atomic E-state index is 13.1. The minimum absolute atomic E-state index is 0.0121. The van der Waals surface area contributed by atoms with Gasteiger partial charge in [-0.25, -0.2) is 4.39 Å². The predicted octanol–water partition coefficient (Wildman–Crippen LogP) is 2.25. The average Bonchev–Trinajstić information content (AvgIpc) is 2.18. The molecule has 13 heavy (non-hydrogen) atoms. The topological polar surface area (TPSA) is 36.7 Å². The van der Waals surface area contributed by atoms with E-state index >= 15 is 0 Å². The first kappa shape index (κ1) is 7.69. The van der Waals surface area contributed by atoms with Crippen LogP contribution in [0.15, 0.2) is 30.5 Å². The lowest BCUT2D eigenvalue weighted by atomic mass is 10.1. The second-order valence-electron chi connectivity index (χ2n) is 2.61. The zero-order valence-corrected chi connectivity index (χ0v) is 6.66. The van der Waals surface area contributed by atoms with E-state index in [0.717, 1.165) is 5.39 Å². The van der Waals surface area contributed by atoms with Gasteiger partial charge in [-0.1, -0.05) is 6.07 Å². The molecule has 1 aromatic carbocycles. The summed E-state index contributed by atoms with van der Waals surface area (Å²) >= 11 is 0. The van der Waals surface area contributed by atoms with Crippen LogP contribution in [0.1, 0.15) is 5.56 Å². The minimum atomic E-state index is -0.520. The highest BCUT2D eigenvalue weighted by Gasteiger charge is 2.06. The number of fused-ring (bicyclic) bond motifs is 1. The first-order valence-corrected chi connectivity index (χ1v) is 3.76. The molecule has 0 bridgehead atoms. The molecular formula is C10H5FN2. The normalized spacial score (nSPS) is 9.85. The first-order valence-electron chi connectivity index (χ1n) is 3.76. The van der Waals surface area contributed by atoms with Crippen LogP contribution in [-0.2, 0) is 0 Å². The van der Waals surface area contributed by atoms with E-state index < -0.39 is 5.82 Å². The molecule has 0 aliphatic rings. The van der Waals surface area contributed by atoms with Crippen molar-refractivity contribution in [2.75, 3.05) is 0 Å². The highest BCUT2D eigenvalue weighted by Crippen LogP contribution is 2.17. The lowest BCUT2D eigenvalue weighted by Crippen LogP contribution is -1.88. The zero-order chi connectivity index (χ0) is 9.26. The number of rotatable bonds is 0. The van der Waals surface area contributed by atoms with Crippen LogP contribution in [0.4, 0.5) is 4.39 Å². The summed E-state index contributed by atoms with van der Waals surface area (Å²) in [7, 11) is 0. The van der Waals surface area contributed by atoms with Crippen LogP contribution >= 0.6 is 0 Å². The smallest absolute Gasteiger partial charge is 0.143 e. The number of nitriles is 1. The number of halogens is 1. The molecule has 0 atom stereocenters. The van der Waals surface area contributed by atoms with Gasteiger partial charge in [0.1, 0.15) is 17.4 Å². The number of hydrogen-bond acceptors (Lipinski definition) is 2. The van der Waals surface area contributed by atoms with Crippen LogP contribution in [0.2, 0.25) is 0 Å². The molecular weight excluding hydrogens is 167 g/mol. The van der Waals surface area contributed by atoms with Crippen molar-refractivity contribution < 1.29 is 4.39 Å². The Bertz CT molecular complexity index is 500. The Morgan fingerprint density at radius 3 is 2.92 bits per heavy atom. The molecule has 0 radical (unpaired) electrons. The Morgan fingerprint density at radius 2 is 2.15 bits per heavy atom. The number of nitrogens with zero attached hydrogens (tertiary/aromatic N) is 2. The van der Waals surface area contributed by atoms with Crippen LogP contribution in [0.25, 0.3) is 10.9 Å². The van der Waals surface area contributed by atoms with E-state index in [-0.39, 0.29) is 5.56 Å². The molecule has 62 valence electrons. The predicted molar refractivity (Wildman–Crippen MR) is 46.4 cm³/mol. The van der Waals surface area contributed by atoms with Crippen LogP contribution in [0, 0.1) is 17.1 Å². The average molecular weight is 172 g/mol. The molecule has 1 aromatic heterocycles. The Morgan fingerprint density at radius 1 is 1.31 bits per heavy atom. The summed E-state index contributed by atoms with van der Waals surface area (Å²) in [6, 6.07) is 8.24. The first-order chi connectivity index (χ1) is 6.33. The fraction of sp³-hybridized carbons (Fsp3) is 0. The van der Waals surface area contributed by atoms with Crippen molar-refractivity contribution >= 4 is 10.9 Å². The van der Waals surface area contributed by atoms with Crippen molar-refractivity contribution in [1.29, 1.82) is 5.26 Å². The summed E-state index contributed by atoms with van der Waals surface area (Å²) in [6.45, 7) is 0. The number of pyridine rings is 1. The third kappa shape index (κ3) is 1.13. The van der Waals surface area contributed by atoms with Gasteiger partial charge in [0.2, 0.25) is 0 Å². The zero-order valence-electron chi connectivity index (χ0n) is 6.66. The highest BCUT2D eigenvalue weighted by atomic mass is 19.1. The molecule has 0 aliphatic heterocycles. The molecule has 2 aromatic rings. The second-order valence-corrected chi connectivity index (χ2v) is 2.61. The number of aromatic nitrogens is 1. The largest absolute Gasteiger partial charge is 0.255 e. The molecule has 0 amide bonds. The molecule has 0 fully saturated rings. The van der Waals surface area contributed by atoms with Gasteiger partial charge >= 0.3 is 0 Å². The van der Waals surface area contributed by atoms with E-state index in [1.54, 1.807) is 30.5 Å². The van der Waals surface area contributed by atoms with Gasteiger partial charge < -0.3 is 0 Å². The second kappa shape index (κ2) is 2.83. The van der Waals surface area contributed by atoms with E-state index in [2.05, 4.69) is 4.98 Å². The van der Waals surface area contributed by atoms with Gasteiger partial charge in [0.05, 0.1) is 5.52 Å². The molecule has 2 rings (SSSR count). The van der Waals surface area contributed by atoms with E-state index in [1.807, 2.05) is 0 Å². The summed E-state index contributed by atoms with van der Waals surface area (Å²) in [5.74, 6) is -0.520. The summed E-state index contributed by atoms with van der Waals surface area (Å²) in [4.78, 5) is 3.95. The fourth-order valence-corrected chi connectivity index (χ4v) is 1.23. The van der Waals surface area contributed by atoms with E-state index in [1.165, 1.54) is 6.07 Å². The fourth-order valence-electron chi connectivity index (χ4n) is 1.23. The van der Waals surface area contributed by atoms with Gasteiger partial charge in [-0.2, -0.15) is 5.26 Å². The van der Waals surface area contributed by atoms with Gasteiger partial charge in [0.15, 0.2) is 0 Å². The van der Waals surface area contributed by atoms with Crippen LogP contribution in [0.3, 0.4) is 0 Å². The van der Waals surface area contributed by atoms with Crippen molar-refractivity contribution in [2.24, 2.45) is 0 Å². The monoisotopic (exact) mass is 172 g/mol. The Balaban J connectivity index is 2.94. The quantitative estimate of drug-likeness (QED) is 0.611. The molecule has 2 nitrogen and oxygen atoms in total. The number of benzene rings is 1. The van der Waals surface area contributed by atoms with Crippen molar-refractivity contribution in [1.82, 2.24) is 4.98 Å². The molecule has 0 saturated heterocycles. The Kier molecular flexibility index (Phi) is 1.67. The standard InChI is InChI=1S/C10H5FN2/c11-9-4-3-7-2-1-5-13-10(7)8(9)6-12/h1-5H. The van der Waals surface area contributed by atoms with Crippen molar-refractivity contribution in [3.63, 3.8) is 0 Å². The van der Waals surface area contributed by atoms with E-state index in [9.17, 15) is 4.39 Å². The van der Waals surface area contributed by atoms with E-state index in [4.69, 9.17) is 5.26 Å². The summed E-state index contributed by atoms with van der Waals surface area (Å²) in [5, 5.41) is 9.46. The molecule has 0 unspecified atom stereocenters.